The Hall–Kier alpha value is -3.56. The van der Waals surface area contributed by atoms with E-state index >= 15 is 0 Å². The Labute approximate surface area is 198 Å². The lowest BCUT2D eigenvalue weighted by Gasteiger charge is -2.08. The molecule has 0 saturated heterocycles. The molecule has 9 heteroatoms. The summed E-state index contributed by atoms with van der Waals surface area (Å²) in [4.78, 5) is -0.143. The molecular formula is C25H26N4O4S. The topological polar surface area (TPSA) is 107 Å². The van der Waals surface area contributed by atoms with Crippen molar-refractivity contribution in [3.63, 3.8) is 0 Å². The third kappa shape index (κ3) is 5.67. The van der Waals surface area contributed by atoms with Gasteiger partial charge in [-0.2, -0.15) is 9.61 Å². The Morgan fingerprint density at radius 1 is 0.971 bits per heavy atom. The number of hydrogen-bond acceptors (Lipinski definition) is 7. The molecule has 4 rings (SSSR count). The molecule has 0 amide bonds. The number of unbranched alkanes of at least 4 members (excludes halogenated alkanes) is 1. The smallest absolute Gasteiger partial charge is 0.177 e. The summed E-state index contributed by atoms with van der Waals surface area (Å²) in [7, 11) is -3.44. The van der Waals surface area contributed by atoms with Crippen LogP contribution in [0.3, 0.4) is 0 Å². The van der Waals surface area contributed by atoms with Gasteiger partial charge in [-0.15, -0.1) is 10.2 Å². The molecule has 2 heterocycles. The number of fused-ring (bicyclic) bond motifs is 1. The number of nitrogens with zero attached hydrogens (tertiary/aromatic N) is 4. The van der Waals surface area contributed by atoms with Gasteiger partial charge in [0.1, 0.15) is 5.75 Å². The van der Waals surface area contributed by atoms with Gasteiger partial charge >= 0.3 is 0 Å². The van der Waals surface area contributed by atoms with E-state index in [1.807, 2.05) is 66.7 Å². The first kappa shape index (κ1) is 23.6. The van der Waals surface area contributed by atoms with Gasteiger partial charge in [-0.25, -0.2) is 8.42 Å². The van der Waals surface area contributed by atoms with Gasteiger partial charge in [-0.3, -0.25) is 0 Å². The van der Waals surface area contributed by atoms with E-state index in [4.69, 9.17) is 14.9 Å². The third-order valence-corrected chi connectivity index (χ3v) is 7.21. The summed E-state index contributed by atoms with van der Waals surface area (Å²) < 4.78 is 31.1. The van der Waals surface area contributed by atoms with E-state index in [0.717, 1.165) is 22.6 Å². The van der Waals surface area contributed by atoms with E-state index in [1.165, 1.54) is 0 Å². The molecule has 1 N–H and O–H groups in total. The molecule has 0 aliphatic rings. The summed E-state index contributed by atoms with van der Waals surface area (Å²) in [5, 5.41) is 22.2. The van der Waals surface area contributed by atoms with Crippen LogP contribution in [0.4, 0.5) is 0 Å². The van der Waals surface area contributed by atoms with Crippen LogP contribution in [-0.4, -0.2) is 52.3 Å². The van der Waals surface area contributed by atoms with Crippen molar-refractivity contribution in [3.05, 3.63) is 89.6 Å². The second-order valence-corrected chi connectivity index (χ2v) is 10.1. The number of benzene rings is 2. The van der Waals surface area contributed by atoms with Crippen molar-refractivity contribution in [3.8, 4) is 17.0 Å². The summed E-state index contributed by atoms with van der Waals surface area (Å²) in [6.07, 6.45) is 1.59. The Bertz CT molecular complexity index is 1370. The first-order valence-electron chi connectivity index (χ1n) is 11.0. The molecule has 34 heavy (non-hydrogen) atoms. The maximum absolute atomic E-state index is 11.8. The second-order valence-electron chi connectivity index (χ2n) is 7.86. The van der Waals surface area contributed by atoms with Crippen LogP contribution in [0.15, 0.2) is 78.2 Å². The Morgan fingerprint density at radius 3 is 2.47 bits per heavy atom. The van der Waals surface area contributed by atoms with Gasteiger partial charge < -0.3 is 9.84 Å². The van der Waals surface area contributed by atoms with E-state index in [1.54, 1.807) is 4.52 Å². The molecule has 2 aromatic heterocycles. The number of ether oxygens (including phenoxy) is 1. The molecule has 4 aromatic rings. The first-order chi connectivity index (χ1) is 16.5. The second kappa shape index (κ2) is 10.6. The van der Waals surface area contributed by atoms with E-state index in [0.29, 0.717) is 37.3 Å². The Balaban J connectivity index is 1.33. The van der Waals surface area contributed by atoms with E-state index in [2.05, 4.69) is 16.8 Å². The maximum Gasteiger partial charge on any atom is 0.177 e. The average Bonchev–Trinajstić information content (AvgIpc) is 3.26. The minimum Gasteiger partial charge on any atom is -0.494 e. The van der Waals surface area contributed by atoms with Crippen molar-refractivity contribution in [2.45, 2.75) is 19.3 Å². The van der Waals surface area contributed by atoms with E-state index in [-0.39, 0.29) is 10.7 Å². The van der Waals surface area contributed by atoms with Crippen molar-refractivity contribution in [1.29, 1.82) is 0 Å². The predicted molar refractivity (Wildman–Crippen MR) is 130 cm³/mol. The highest BCUT2D eigenvalue weighted by Crippen LogP contribution is 2.19. The van der Waals surface area contributed by atoms with Crippen LogP contribution in [0.5, 0.6) is 5.75 Å². The van der Waals surface area contributed by atoms with Crippen LogP contribution in [0.1, 0.15) is 24.2 Å². The van der Waals surface area contributed by atoms with Gasteiger partial charge in [-0.1, -0.05) is 49.0 Å². The summed E-state index contributed by atoms with van der Waals surface area (Å²) in [5.74, 6) is 1.41. The van der Waals surface area contributed by atoms with Gasteiger partial charge in [0, 0.05) is 12.0 Å². The lowest BCUT2D eigenvalue weighted by atomic mass is 10.1. The lowest BCUT2D eigenvalue weighted by Crippen LogP contribution is -2.12. The highest BCUT2D eigenvalue weighted by molar-refractivity contribution is 7.95. The fourth-order valence-corrected chi connectivity index (χ4v) is 4.49. The molecule has 176 valence electrons. The summed E-state index contributed by atoms with van der Waals surface area (Å²) in [6.45, 7) is 3.24. The minimum atomic E-state index is -3.44. The quantitative estimate of drug-likeness (QED) is 0.329. The predicted octanol–water partition coefficient (Wildman–Crippen LogP) is 3.46. The van der Waals surface area contributed by atoms with Crippen molar-refractivity contribution in [2.24, 2.45) is 0 Å². The third-order valence-electron chi connectivity index (χ3n) is 5.37. The van der Waals surface area contributed by atoms with Crippen molar-refractivity contribution < 1.29 is 18.3 Å². The highest BCUT2D eigenvalue weighted by Gasteiger charge is 2.14. The minimum absolute atomic E-state index is 0.0407. The zero-order chi connectivity index (χ0) is 24.0. The molecular weight excluding hydrogens is 452 g/mol. The summed E-state index contributed by atoms with van der Waals surface area (Å²) in [5.41, 5.74) is 3.62. The Kier molecular flexibility index (Phi) is 7.34. The lowest BCUT2D eigenvalue weighted by molar-refractivity contribution is 0.309. The molecule has 0 radical (unpaired) electrons. The van der Waals surface area contributed by atoms with Crippen molar-refractivity contribution in [1.82, 2.24) is 19.8 Å². The normalized spacial score (nSPS) is 11.6. The van der Waals surface area contributed by atoms with Crippen LogP contribution in [-0.2, 0) is 16.3 Å². The number of sulfone groups is 1. The van der Waals surface area contributed by atoms with Crippen LogP contribution in [0, 0.1) is 0 Å². The molecule has 8 nitrogen and oxygen atoms in total. The van der Waals surface area contributed by atoms with Gasteiger partial charge in [-0.05, 0) is 42.7 Å². The zero-order valence-electron chi connectivity index (χ0n) is 18.7. The maximum atomic E-state index is 11.8. The SMILES string of the molecule is C=C(CO)S(=O)(=O)CCCCOc1ccc(Cc2nnc3ccc(-c4ccccc4)nn23)cc1. The summed E-state index contributed by atoms with van der Waals surface area (Å²) in [6, 6.07) is 21.5. The van der Waals surface area contributed by atoms with Crippen LogP contribution in [0.2, 0.25) is 0 Å². The van der Waals surface area contributed by atoms with E-state index < -0.39 is 16.4 Å². The fraction of sp³-hybridized carbons (Fsp3) is 0.240. The van der Waals surface area contributed by atoms with E-state index in [9.17, 15) is 8.42 Å². The number of aromatic nitrogens is 4. The highest BCUT2D eigenvalue weighted by atomic mass is 32.2. The van der Waals surface area contributed by atoms with Crippen LogP contribution >= 0.6 is 0 Å². The molecule has 0 aliphatic heterocycles. The standard InChI is InChI=1S/C25H26N4O4S/c1-19(18-30)34(31,32)16-6-5-15-33-22-11-9-20(10-12-22)17-25-27-26-24-14-13-23(28-29(24)25)21-7-3-2-4-8-21/h2-4,7-14,30H,1,5-6,15-18H2. The molecule has 2 aromatic carbocycles. The van der Waals surface area contributed by atoms with Gasteiger partial charge in [0.15, 0.2) is 21.3 Å². The number of rotatable bonds is 11. The van der Waals surface area contributed by atoms with Gasteiger partial charge in [0.05, 0.1) is 29.6 Å². The molecule has 0 unspecified atom stereocenters. The van der Waals surface area contributed by atoms with Crippen LogP contribution in [0.25, 0.3) is 16.9 Å². The molecule has 0 aliphatic carbocycles. The number of aliphatic hydroxyl groups excluding tert-OH is 1. The first-order valence-corrected chi connectivity index (χ1v) is 12.6. The molecule has 0 bridgehead atoms. The summed E-state index contributed by atoms with van der Waals surface area (Å²) >= 11 is 0. The van der Waals surface area contributed by atoms with Crippen molar-refractivity contribution in [2.75, 3.05) is 19.0 Å². The molecule has 0 spiro atoms. The van der Waals surface area contributed by atoms with Gasteiger partial charge in [0.2, 0.25) is 0 Å². The fourth-order valence-electron chi connectivity index (χ4n) is 3.42. The molecule has 0 saturated carbocycles. The zero-order valence-corrected chi connectivity index (χ0v) is 19.5. The largest absolute Gasteiger partial charge is 0.494 e. The van der Waals surface area contributed by atoms with Crippen molar-refractivity contribution >= 4 is 15.5 Å². The average molecular weight is 479 g/mol. The Morgan fingerprint density at radius 2 is 1.74 bits per heavy atom. The molecule has 0 fully saturated rings. The molecule has 0 atom stereocenters. The monoisotopic (exact) mass is 478 g/mol. The van der Waals surface area contributed by atoms with Crippen LogP contribution < -0.4 is 4.74 Å². The number of aliphatic hydroxyl groups is 1. The number of hydrogen-bond donors (Lipinski definition) is 1. The van der Waals surface area contributed by atoms with Gasteiger partial charge in [0.25, 0.3) is 0 Å².